The average molecular weight is 563 g/mol. The fourth-order valence-electron chi connectivity index (χ4n) is 2.68. The van der Waals surface area contributed by atoms with Gasteiger partial charge in [0, 0.05) is 21.1 Å². The van der Waals surface area contributed by atoms with Gasteiger partial charge in [-0.25, -0.2) is 5.43 Å². The molecule has 1 aromatic heterocycles. The highest BCUT2D eigenvalue weighted by molar-refractivity contribution is 9.10. The molecular weight excluding hydrogens is 542 g/mol. The molecule has 1 N–H and O–H groups in total. The van der Waals surface area contributed by atoms with Crippen molar-refractivity contribution in [1.29, 1.82) is 0 Å². The highest BCUT2D eigenvalue weighted by Gasteiger charge is 2.16. The van der Waals surface area contributed by atoms with Crippen LogP contribution in [0.1, 0.15) is 19.4 Å². The van der Waals surface area contributed by atoms with Crippen LogP contribution in [0.2, 0.25) is 0 Å². The number of amides is 1. The van der Waals surface area contributed by atoms with E-state index in [-0.39, 0.29) is 11.7 Å². The summed E-state index contributed by atoms with van der Waals surface area (Å²) in [4.78, 5) is 12.3. The number of hydrogen-bond donors (Lipinski definition) is 1. The average Bonchev–Trinajstić information content (AvgIpc) is 3.13. The van der Waals surface area contributed by atoms with Crippen LogP contribution >= 0.6 is 43.6 Å². The standard InChI is InChI=1S/C22H21Br2N5OS/c1-14(2)12-29-21(17-6-10-19(24)11-7-17)27-28-22(29)31-13-20(30)26-25-15(3)16-4-8-18(23)9-5-16/h4-11H,1,12-13H2,2-3H3,(H,26,30)/b25-15+. The summed E-state index contributed by atoms with van der Waals surface area (Å²) in [6, 6.07) is 15.6. The molecule has 0 fully saturated rings. The maximum atomic E-state index is 12.3. The van der Waals surface area contributed by atoms with Crippen molar-refractivity contribution in [2.45, 2.75) is 25.5 Å². The lowest BCUT2D eigenvalue weighted by atomic mass is 10.1. The Morgan fingerprint density at radius 2 is 1.68 bits per heavy atom. The molecule has 0 spiro atoms. The molecule has 31 heavy (non-hydrogen) atoms. The van der Waals surface area contributed by atoms with Gasteiger partial charge in [0.2, 0.25) is 0 Å². The first-order valence-electron chi connectivity index (χ1n) is 9.39. The second-order valence-electron chi connectivity index (χ2n) is 6.88. The second kappa shape index (κ2) is 10.9. The number of rotatable bonds is 8. The number of benzene rings is 2. The maximum Gasteiger partial charge on any atom is 0.250 e. The van der Waals surface area contributed by atoms with Crippen molar-refractivity contribution in [3.8, 4) is 11.4 Å². The number of hydrogen-bond acceptors (Lipinski definition) is 5. The fraction of sp³-hybridized carbons (Fsp3) is 0.182. The van der Waals surface area contributed by atoms with E-state index < -0.39 is 0 Å². The van der Waals surface area contributed by atoms with Crippen molar-refractivity contribution in [2.75, 3.05) is 5.75 Å². The lowest BCUT2D eigenvalue weighted by Crippen LogP contribution is -2.21. The van der Waals surface area contributed by atoms with Crippen LogP contribution in [0.4, 0.5) is 0 Å². The molecule has 0 aliphatic rings. The second-order valence-corrected chi connectivity index (χ2v) is 9.66. The summed E-state index contributed by atoms with van der Waals surface area (Å²) >= 11 is 8.17. The molecule has 0 bridgehead atoms. The van der Waals surface area contributed by atoms with E-state index >= 15 is 0 Å². The SMILES string of the molecule is C=C(C)Cn1c(SCC(=O)N/N=C(\C)c2ccc(Br)cc2)nnc1-c1ccc(Br)cc1. The predicted molar refractivity (Wildman–Crippen MR) is 133 cm³/mol. The van der Waals surface area contributed by atoms with Gasteiger partial charge in [-0.15, -0.1) is 10.2 Å². The Kier molecular flexibility index (Phi) is 8.22. The summed E-state index contributed by atoms with van der Waals surface area (Å²) in [5.41, 5.74) is 6.20. The summed E-state index contributed by atoms with van der Waals surface area (Å²) in [6.07, 6.45) is 0. The molecule has 1 amide bonds. The summed E-state index contributed by atoms with van der Waals surface area (Å²) in [7, 11) is 0. The highest BCUT2D eigenvalue weighted by Crippen LogP contribution is 2.26. The number of aromatic nitrogens is 3. The third-order valence-corrected chi connectivity index (χ3v) is 6.21. The highest BCUT2D eigenvalue weighted by atomic mass is 79.9. The van der Waals surface area contributed by atoms with E-state index in [0.717, 1.165) is 37.2 Å². The van der Waals surface area contributed by atoms with Crippen LogP contribution in [-0.2, 0) is 11.3 Å². The lowest BCUT2D eigenvalue weighted by molar-refractivity contribution is -0.118. The van der Waals surface area contributed by atoms with Gasteiger partial charge in [0.05, 0.1) is 11.5 Å². The monoisotopic (exact) mass is 561 g/mol. The molecule has 3 rings (SSSR count). The zero-order valence-electron chi connectivity index (χ0n) is 17.1. The minimum atomic E-state index is -0.212. The molecule has 0 atom stereocenters. The van der Waals surface area contributed by atoms with Gasteiger partial charge in [0.25, 0.3) is 5.91 Å². The van der Waals surface area contributed by atoms with Crippen LogP contribution in [0.15, 0.2) is 79.9 Å². The van der Waals surface area contributed by atoms with Gasteiger partial charge in [-0.2, -0.15) is 5.10 Å². The van der Waals surface area contributed by atoms with Gasteiger partial charge >= 0.3 is 0 Å². The van der Waals surface area contributed by atoms with E-state index in [1.54, 1.807) is 0 Å². The normalized spacial score (nSPS) is 11.4. The van der Waals surface area contributed by atoms with Crippen LogP contribution in [0.3, 0.4) is 0 Å². The minimum absolute atomic E-state index is 0.172. The Labute approximate surface area is 202 Å². The number of allylic oxidation sites excluding steroid dienone is 1. The predicted octanol–water partition coefficient (Wildman–Crippen LogP) is 5.68. The van der Waals surface area contributed by atoms with Crippen LogP contribution < -0.4 is 5.43 Å². The summed E-state index contributed by atoms with van der Waals surface area (Å²) in [5, 5.41) is 13.5. The third-order valence-electron chi connectivity index (χ3n) is 4.19. The Balaban J connectivity index is 1.68. The molecule has 9 heteroatoms. The van der Waals surface area contributed by atoms with E-state index in [0.29, 0.717) is 11.7 Å². The van der Waals surface area contributed by atoms with Gasteiger partial charge < -0.3 is 0 Å². The number of nitrogens with zero attached hydrogens (tertiary/aromatic N) is 4. The Morgan fingerprint density at radius 3 is 2.29 bits per heavy atom. The van der Waals surface area contributed by atoms with E-state index in [2.05, 4.69) is 59.2 Å². The van der Waals surface area contributed by atoms with Crippen molar-refractivity contribution in [2.24, 2.45) is 5.10 Å². The lowest BCUT2D eigenvalue weighted by Gasteiger charge is -2.10. The smallest absolute Gasteiger partial charge is 0.250 e. The number of carbonyl (C=O) groups is 1. The van der Waals surface area contributed by atoms with Crippen molar-refractivity contribution >= 4 is 55.2 Å². The molecule has 0 radical (unpaired) electrons. The van der Waals surface area contributed by atoms with Crippen molar-refractivity contribution < 1.29 is 4.79 Å². The molecule has 0 saturated carbocycles. The van der Waals surface area contributed by atoms with Gasteiger partial charge in [-0.3, -0.25) is 9.36 Å². The van der Waals surface area contributed by atoms with E-state index in [4.69, 9.17) is 0 Å². The quantitative estimate of drug-likeness (QED) is 0.166. The molecule has 0 aliphatic heterocycles. The van der Waals surface area contributed by atoms with Crippen LogP contribution in [-0.4, -0.2) is 32.1 Å². The number of nitrogens with one attached hydrogen (secondary N) is 1. The first-order valence-corrected chi connectivity index (χ1v) is 12.0. The first-order chi connectivity index (χ1) is 14.8. The molecule has 3 aromatic rings. The van der Waals surface area contributed by atoms with E-state index in [9.17, 15) is 4.79 Å². The van der Waals surface area contributed by atoms with Gasteiger partial charge in [0.15, 0.2) is 11.0 Å². The third kappa shape index (κ3) is 6.62. The zero-order chi connectivity index (χ0) is 22.4. The number of carbonyl (C=O) groups excluding carboxylic acids is 1. The molecule has 0 aliphatic carbocycles. The topological polar surface area (TPSA) is 72.2 Å². The van der Waals surface area contributed by atoms with Crippen molar-refractivity contribution in [3.63, 3.8) is 0 Å². The Bertz CT molecular complexity index is 1110. The molecule has 0 unspecified atom stereocenters. The summed E-state index contributed by atoms with van der Waals surface area (Å²) in [6.45, 7) is 8.38. The molecular formula is C22H21Br2N5OS. The number of hydrazone groups is 1. The van der Waals surface area contributed by atoms with Crippen LogP contribution in [0, 0.1) is 0 Å². The van der Waals surface area contributed by atoms with E-state index in [1.807, 2.05) is 66.9 Å². The molecule has 160 valence electrons. The molecule has 1 heterocycles. The summed E-state index contributed by atoms with van der Waals surface area (Å²) in [5.74, 6) is 0.699. The number of halogens is 2. The Morgan fingerprint density at radius 1 is 1.06 bits per heavy atom. The van der Waals surface area contributed by atoms with Crippen LogP contribution in [0.25, 0.3) is 11.4 Å². The zero-order valence-corrected chi connectivity index (χ0v) is 21.1. The van der Waals surface area contributed by atoms with Gasteiger partial charge in [-0.1, -0.05) is 80.0 Å². The largest absolute Gasteiger partial charge is 0.298 e. The fourth-order valence-corrected chi connectivity index (χ4v) is 3.94. The molecule has 2 aromatic carbocycles. The van der Waals surface area contributed by atoms with Crippen LogP contribution in [0.5, 0.6) is 0 Å². The Hall–Kier alpha value is -2.23. The summed E-state index contributed by atoms with van der Waals surface area (Å²) < 4.78 is 3.96. The molecule has 0 saturated heterocycles. The van der Waals surface area contributed by atoms with Gasteiger partial charge in [-0.05, 0) is 43.7 Å². The van der Waals surface area contributed by atoms with Gasteiger partial charge in [0.1, 0.15) is 0 Å². The first kappa shape index (κ1) is 23.4. The van der Waals surface area contributed by atoms with Crippen molar-refractivity contribution in [3.05, 3.63) is 75.2 Å². The minimum Gasteiger partial charge on any atom is -0.298 e. The van der Waals surface area contributed by atoms with E-state index in [1.165, 1.54) is 11.8 Å². The van der Waals surface area contributed by atoms with Crippen molar-refractivity contribution in [1.82, 2.24) is 20.2 Å². The molecule has 6 nitrogen and oxygen atoms in total. The maximum absolute atomic E-state index is 12.3. The number of thioether (sulfide) groups is 1.